The van der Waals surface area contributed by atoms with Gasteiger partial charge < -0.3 is 4.90 Å². The van der Waals surface area contributed by atoms with E-state index in [1.807, 2.05) is 25.1 Å². The van der Waals surface area contributed by atoms with Crippen LogP contribution in [0.1, 0.15) is 30.5 Å². The van der Waals surface area contributed by atoms with Crippen LogP contribution >= 0.6 is 0 Å². The number of H-pyrrole nitrogens is 1. The molecule has 0 unspecified atom stereocenters. The smallest absolute Gasteiger partial charge is 0.156 e. The minimum absolute atomic E-state index is 0.666. The summed E-state index contributed by atoms with van der Waals surface area (Å²) in [6, 6.07) is 8.16. The third-order valence-electron chi connectivity index (χ3n) is 4.71. The topological polar surface area (TPSA) is 94.4 Å². The Hall–Kier alpha value is -3.27. The fourth-order valence-corrected chi connectivity index (χ4v) is 3.56. The van der Waals surface area contributed by atoms with Gasteiger partial charge in [0.2, 0.25) is 0 Å². The average molecular weight is 345 g/mol. The monoisotopic (exact) mass is 345 g/mol. The van der Waals surface area contributed by atoms with E-state index in [1.54, 1.807) is 6.20 Å². The summed E-state index contributed by atoms with van der Waals surface area (Å²) in [6.07, 6.45) is 6.73. The molecule has 4 rings (SSSR count). The van der Waals surface area contributed by atoms with Crippen molar-refractivity contribution in [1.82, 2.24) is 25.4 Å². The van der Waals surface area contributed by atoms with E-state index in [2.05, 4.69) is 36.3 Å². The normalized spacial score (nSPS) is 14.2. The third kappa shape index (κ3) is 2.90. The van der Waals surface area contributed by atoms with Crippen LogP contribution in [0.3, 0.4) is 0 Å². The Balaban J connectivity index is 2.01. The highest BCUT2D eigenvalue weighted by Gasteiger charge is 2.24. The first-order valence-electron chi connectivity index (χ1n) is 8.75. The molecular formula is C19H19N7. The number of aromatic nitrogens is 5. The summed E-state index contributed by atoms with van der Waals surface area (Å²) in [6.45, 7) is 3.80. The van der Waals surface area contributed by atoms with E-state index in [0.29, 0.717) is 11.4 Å². The maximum Gasteiger partial charge on any atom is 0.156 e. The van der Waals surface area contributed by atoms with Crippen molar-refractivity contribution >= 4 is 5.69 Å². The SMILES string of the molecule is Cc1cc(-c2c(-c3ncn[nH]3)ccc(C#N)c2N2CCCCC2)cnn1. The van der Waals surface area contributed by atoms with Crippen LogP contribution in [0.2, 0.25) is 0 Å². The summed E-state index contributed by atoms with van der Waals surface area (Å²) in [7, 11) is 0. The van der Waals surface area contributed by atoms with E-state index in [9.17, 15) is 5.26 Å². The first-order chi connectivity index (χ1) is 12.8. The second-order valence-electron chi connectivity index (χ2n) is 6.46. The Kier molecular flexibility index (Phi) is 4.32. The van der Waals surface area contributed by atoms with Crippen molar-refractivity contribution in [1.29, 1.82) is 5.26 Å². The number of nitriles is 1. The van der Waals surface area contributed by atoms with Gasteiger partial charge in [0.25, 0.3) is 0 Å². The van der Waals surface area contributed by atoms with Crippen LogP contribution in [-0.4, -0.2) is 38.5 Å². The standard InChI is InChI=1S/C19H19N7/c1-13-9-15(11-22-24-13)17-16(19-21-12-23-25-19)6-5-14(10-20)18(17)26-7-3-2-4-8-26/h5-6,9,11-12H,2-4,7-8H2,1H3,(H,21,23,25). The quantitative estimate of drug-likeness (QED) is 0.784. The van der Waals surface area contributed by atoms with Gasteiger partial charge in [-0.2, -0.15) is 20.6 Å². The molecule has 3 aromatic rings. The van der Waals surface area contributed by atoms with Gasteiger partial charge in [-0.05, 0) is 44.4 Å². The largest absolute Gasteiger partial charge is 0.370 e. The van der Waals surface area contributed by atoms with E-state index in [-0.39, 0.29) is 0 Å². The molecule has 0 radical (unpaired) electrons. The van der Waals surface area contributed by atoms with Crippen LogP contribution in [0.25, 0.3) is 22.5 Å². The van der Waals surface area contributed by atoms with E-state index in [1.165, 1.54) is 12.7 Å². The molecule has 0 aliphatic carbocycles. The molecule has 7 nitrogen and oxygen atoms in total. The highest BCUT2D eigenvalue weighted by molar-refractivity contribution is 5.93. The number of anilines is 1. The number of nitrogens with zero attached hydrogens (tertiary/aromatic N) is 6. The van der Waals surface area contributed by atoms with Crippen molar-refractivity contribution in [2.75, 3.05) is 18.0 Å². The van der Waals surface area contributed by atoms with Gasteiger partial charge in [0.05, 0.1) is 23.1 Å². The van der Waals surface area contributed by atoms with Crippen LogP contribution in [0, 0.1) is 18.3 Å². The number of hydrogen-bond donors (Lipinski definition) is 1. The van der Waals surface area contributed by atoms with Gasteiger partial charge in [-0.25, -0.2) is 4.98 Å². The summed E-state index contributed by atoms with van der Waals surface area (Å²) < 4.78 is 0. The number of aromatic amines is 1. The minimum atomic E-state index is 0.666. The first-order valence-corrected chi connectivity index (χ1v) is 8.75. The van der Waals surface area contributed by atoms with E-state index in [0.717, 1.165) is 54.0 Å². The summed E-state index contributed by atoms with van der Waals surface area (Å²) >= 11 is 0. The van der Waals surface area contributed by atoms with Crippen molar-refractivity contribution in [3.63, 3.8) is 0 Å². The molecule has 0 amide bonds. The number of hydrogen-bond acceptors (Lipinski definition) is 6. The van der Waals surface area contributed by atoms with Crippen molar-refractivity contribution < 1.29 is 0 Å². The zero-order chi connectivity index (χ0) is 17.9. The summed E-state index contributed by atoms with van der Waals surface area (Å²) in [4.78, 5) is 6.65. The highest BCUT2D eigenvalue weighted by atomic mass is 15.2. The molecule has 3 heterocycles. The first kappa shape index (κ1) is 16.2. The molecule has 0 atom stereocenters. The van der Waals surface area contributed by atoms with Crippen LogP contribution in [0.4, 0.5) is 5.69 Å². The molecule has 0 bridgehead atoms. The fourth-order valence-electron chi connectivity index (χ4n) is 3.56. The Morgan fingerprint density at radius 2 is 2.04 bits per heavy atom. The number of piperidine rings is 1. The molecule has 7 heteroatoms. The van der Waals surface area contributed by atoms with Gasteiger partial charge in [0.1, 0.15) is 12.4 Å². The molecule has 1 fully saturated rings. The lowest BCUT2D eigenvalue weighted by atomic mass is 9.93. The molecule has 26 heavy (non-hydrogen) atoms. The van der Waals surface area contributed by atoms with Gasteiger partial charge in [-0.15, -0.1) is 0 Å². The predicted molar refractivity (Wildman–Crippen MR) is 98.4 cm³/mol. The second-order valence-corrected chi connectivity index (χ2v) is 6.46. The number of rotatable bonds is 3. The summed E-state index contributed by atoms with van der Waals surface area (Å²) in [5.74, 6) is 0.678. The third-order valence-corrected chi connectivity index (χ3v) is 4.71. The van der Waals surface area contributed by atoms with E-state index >= 15 is 0 Å². The molecule has 1 aliphatic heterocycles. The van der Waals surface area contributed by atoms with Crippen LogP contribution in [0.15, 0.2) is 30.7 Å². The van der Waals surface area contributed by atoms with Crippen LogP contribution in [-0.2, 0) is 0 Å². The van der Waals surface area contributed by atoms with Gasteiger partial charge in [-0.1, -0.05) is 0 Å². The molecule has 130 valence electrons. The van der Waals surface area contributed by atoms with Crippen molar-refractivity contribution in [2.45, 2.75) is 26.2 Å². The Bertz CT molecular complexity index is 951. The molecule has 1 aromatic carbocycles. The summed E-state index contributed by atoms with van der Waals surface area (Å²) in [5, 5.41) is 24.9. The van der Waals surface area contributed by atoms with Gasteiger partial charge in [0.15, 0.2) is 5.82 Å². The lowest BCUT2D eigenvalue weighted by molar-refractivity contribution is 0.578. The zero-order valence-corrected chi connectivity index (χ0v) is 14.6. The van der Waals surface area contributed by atoms with Gasteiger partial charge in [0, 0.05) is 29.8 Å². The lowest BCUT2D eigenvalue weighted by Gasteiger charge is -2.32. The molecule has 1 saturated heterocycles. The molecule has 1 N–H and O–H groups in total. The Morgan fingerprint density at radius 3 is 2.73 bits per heavy atom. The van der Waals surface area contributed by atoms with Crippen LogP contribution < -0.4 is 4.90 Å². The van der Waals surface area contributed by atoms with Crippen molar-refractivity contribution in [2.24, 2.45) is 0 Å². The van der Waals surface area contributed by atoms with E-state index in [4.69, 9.17) is 0 Å². The molecule has 0 saturated carbocycles. The molecule has 2 aromatic heterocycles. The summed E-state index contributed by atoms with van der Waals surface area (Å²) in [5.41, 5.74) is 5.25. The van der Waals surface area contributed by atoms with Gasteiger partial charge in [-0.3, -0.25) is 5.10 Å². The zero-order valence-electron chi connectivity index (χ0n) is 14.6. The predicted octanol–water partition coefficient (Wildman–Crippen LogP) is 3.10. The molecule has 1 aliphatic rings. The van der Waals surface area contributed by atoms with Gasteiger partial charge >= 0.3 is 0 Å². The Morgan fingerprint density at radius 1 is 1.19 bits per heavy atom. The highest BCUT2D eigenvalue weighted by Crippen LogP contribution is 2.41. The van der Waals surface area contributed by atoms with E-state index < -0.39 is 0 Å². The van der Waals surface area contributed by atoms with Crippen molar-refractivity contribution in [3.05, 3.63) is 42.0 Å². The number of aryl methyl sites for hydroxylation is 1. The number of nitrogens with one attached hydrogen (secondary N) is 1. The second kappa shape index (κ2) is 6.92. The molecular weight excluding hydrogens is 326 g/mol. The fraction of sp³-hybridized carbons (Fsp3) is 0.316. The van der Waals surface area contributed by atoms with Crippen molar-refractivity contribution in [3.8, 4) is 28.6 Å². The Labute approximate surface area is 151 Å². The maximum absolute atomic E-state index is 9.76. The number of benzene rings is 1. The maximum atomic E-state index is 9.76. The average Bonchev–Trinajstić information content (AvgIpc) is 3.22. The minimum Gasteiger partial charge on any atom is -0.370 e. The van der Waals surface area contributed by atoms with Crippen LogP contribution in [0.5, 0.6) is 0 Å². The molecule has 0 spiro atoms. The lowest BCUT2D eigenvalue weighted by Crippen LogP contribution is -2.30.